The molecule has 0 fully saturated rings. The summed E-state index contributed by atoms with van der Waals surface area (Å²) in [7, 11) is 1.93. The van der Waals surface area contributed by atoms with Gasteiger partial charge in [0.25, 0.3) is 0 Å². The lowest BCUT2D eigenvalue weighted by Gasteiger charge is -2.12. The van der Waals surface area contributed by atoms with Crippen LogP contribution in [0.5, 0.6) is 11.6 Å². The molecule has 4 nitrogen and oxygen atoms in total. The van der Waals surface area contributed by atoms with Gasteiger partial charge in [0.15, 0.2) is 5.75 Å². The standard InChI is InChI=1S/C17H17N3O/c1-12-16(8-5-9-19-12)21-17-15-7-4-3-6-14(15)13(10-18-2)11-20-17/h3-9,11,18H,10H2,1-2H3. The fourth-order valence-electron chi connectivity index (χ4n) is 2.32. The Morgan fingerprint density at radius 3 is 2.62 bits per heavy atom. The quantitative estimate of drug-likeness (QED) is 0.794. The van der Waals surface area contributed by atoms with Gasteiger partial charge in [0.2, 0.25) is 5.88 Å². The van der Waals surface area contributed by atoms with E-state index in [-0.39, 0.29) is 0 Å². The summed E-state index contributed by atoms with van der Waals surface area (Å²) in [4.78, 5) is 8.71. The van der Waals surface area contributed by atoms with E-state index in [1.165, 1.54) is 0 Å². The summed E-state index contributed by atoms with van der Waals surface area (Å²) in [5, 5.41) is 5.32. The maximum absolute atomic E-state index is 5.96. The van der Waals surface area contributed by atoms with Crippen molar-refractivity contribution < 1.29 is 4.74 Å². The van der Waals surface area contributed by atoms with E-state index in [4.69, 9.17) is 4.74 Å². The lowest BCUT2D eigenvalue weighted by molar-refractivity contribution is 0.462. The van der Waals surface area contributed by atoms with E-state index >= 15 is 0 Å². The van der Waals surface area contributed by atoms with Crippen LogP contribution in [-0.2, 0) is 6.54 Å². The molecule has 0 spiro atoms. The molecular formula is C17H17N3O. The number of fused-ring (bicyclic) bond motifs is 1. The van der Waals surface area contributed by atoms with Gasteiger partial charge >= 0.3 is 0 Å². The second kappa shape index (κ2) is 5.89. The summed E-state index contributed by atoms with van der Waals surface area (Å²) >= 11 is 0. The summed E-state index contributed by atoms with van der Waals surface area (Å²) < 4.78 is 5.96. The van der Waals surface area contributed by atoms with Crippen molar-refractivity contribution in [1.29, 1.82) is 0 Å². The van der Waals surface area contributed by atoms with Crippen LogP contribution in [0.1, 0.15) is 11.3 Å². The lowest BCUT2D eigenvalue weighted by Crippen LogP contribution is -2.06. The second-order valence-corrected chi connectivity index (χ2v) is 4.85. The Morgan fingerprint density at radius 1 is 1.05 bits per heavy atom. The fourth-order valence-corrected chi connectivity index (χ4v) is 2.32. The highest BCUT2D eigenvalue weighted by Crippen LogP contribution is 2.30. The number of hydrogen-bond donors (Lipinski definition) is 1. The zero-order chi connectivity index (χ0) is 14.7. The summed E-state index contributed by atoms with van der Waals surface area (Å²) in [5.41, 5.74) is 2.01. The van der Waals surface area contributed by atoms with Crippen LogP contribution in [0, 0.1) is 6.92 Å². The number of rotatable bonds is 4. The summed E-state index contributed by atoms with van der Waals surface area (Å²) in [6.45, 7) is 2.70. The van der Waals surface area contributed by atoms with Crippen molar-refractivity contribution in [3.05, 3.63) is 60.0 Å². The number of pyridine rings is 2. The Balaban J connectivity index is 2.08. The van der Waals surface area contributed by atoms with Gasteiger partial charge in [-0.2, -0.15) is 0 Å². The number of aromatic nitrogens is 2. The minimum atomic E-state index is 0.613. The highest BCUT2D eigenvalue weighted by molar-refractivity contribution is 5.89. The predicted octanol–water partition coefficient (Wildman–Crippen LogP) is 3.45. The molecule has 0 radical (unpaired) electrons. The zero-order valence-electron chi connectivity index (χ0n) is 12.1. The maximum atomic E-state index is 5.96. The van der Waals surface area contributed by atoms with Gasteiger partial charge in [-0.3, -0.25) is 4.98 Å². The largest absolute Gasteiger partial charge is 0.436 e. The van der Waals surface area contributed by atoms with E-state index in [0.717, 1.165) is 34.3 Å². The van der Waals surface area contributed by atoms with Crippen molar-refractivity contribution in [3.8, 4) is 11.6 Å². The van der Waals surface area contributed by atoms with Gasteiger partial charge < -0.3 is 10.1 Å². The monoisotopic (exact) mass is 279 g/mol. The molecule has 4 heteroatoms. The molecule has 0 amide bonds. The van der Waals surface area contributed by atoms with Gasteiger partial charge in [-0.15, -0.1) is 0 Å². The van der Waals surface area contributed by atoms with Crippen LogP contribution in [-0.4, -0.2) is 17.0 Å². The third-order valence-corrected chi connectivity index (χ3v) is 3.37. The molecular weight excluding hydrogens is 262 g/mol. The molecule has 0 bridgehead atoms. The van der Waals surface area contributed by atoms with Crippen LogP contribution in [0.3, 0.4) is 0 Å². The van der Waals surface area contributed by atoms with Crippen molar-refractivity contribution in [1.82, 2.24) is 15.3 Å². The van der Waals surface area contributed by atoms with Crippen molar-refractivity contribution >= 4 is 10.8 Å². The number of nitrogens with zero attached hydrogens (tertiary/aromatic N) is 2. The first kappa shape index (κ1) is 13.5. The lowest BCUT2D eigenvalue weighted by atomic mass is 10.1. The molecule has 0 unspecified atom stereocenters. The minimum Gasteiger partial charge on any atom is -0.436 e. The van der Waals surface area contributed by atoms with E-state index in [2.05, 4.69) is 21.4 Å². The van der Waals surface area contributed by atoms with Gasteiger partial charge in [0.05, 0.1) is 5.69 Å². The third kappa shape index (κ3) is 2.71. The summed E-state index contributed by atoms with van der Waals surface area (Å²) in [6.07, 6.45) is 3.61. The zero-order valence-corrected chi connectivity index (χ0v) is 12.1. The molecule has 0 aliphatic carbocycles. The van der Waals surface area contributed by atoms with Gasteiger partial charge in [-0.05, 0) is 43.1 Å². The predicted molar refractivity (Wildman–Crippen MR) is 83.6 cm³/mol. The second-order valence-electron chi connectivity index (χ2n) is 4.85. The topological polar surface area (TPSA) is 47.0 Å². The van der Waals surface area contributed by atoms with Crippen LogP contribution < -0.4 is 10.1 Å². The number of hydrogen-bond acceptors (Lipinski definition) is 4. The molecule has 106 valence electrons. The van der Waals surface area contributed by atoms with Crippen LogP contribution in [0.4, 0.5) is 0 Å². The summed E-state index contributed by atoms with van der Waals surface area (Å²) in [5.74, 6) is 1.35. The molecule has 1 N–H and O–H groups in total. The average Bonchev–Trinajstić information content (AvgIpc) is 2.52. The maximum Gasteiger partial charge on any atom is 0.227 e. The van der Waals surface area contributed by atoms with Crippen LogP contribution >= 0.6 is 0 Å². The van der Waals surface area contributed by atoms with Crippen molar-refractivity contribution in [2.24, 2.45) is 0 Å². The van der Waals surface area contributed by atoms with Gasteiger partial charge in [0.1, 0.15) is 0 Å². The van der Waals surface area contributed by atoms with Gasteiger partial charge in [-0.25, -0.2) is 4.98 Å². The molecule has 0 saturated carbocycles. The van der Waals surface area contributed by atoms with Crippen LogP contribution in [0.25, 0.3) is 10.8 Å². The van der Waals surface area contributed by atoms with Crippen LogP contribution in [0.2, 0.25) is 0 Å². The summed E-state index contributed by atoms with van der Waals surface area (Å²) in [6, 6.07) is 11.9. The molecule has 2 heterocycles. The highest BCUT2D eigenvalue weighted by Gasteiger charge is 2.10. The Labute approximate surface area is 123 Å². The van der Waals surface area contributed by atoms with E-state index in [9.17, 15) is 0 Å². The van der Waals surface area contributed by atoms with Crippen molar-refractivity contribution in [2.45, 2.75) is 13.5 Å². The Morgan fingerprint density at radius 2 is 1.86 bits per heavy atom. The van der Waals surface area contributed by atoms with E-state index in [1.807, 2.05) is 50.5 Å². The molecule has 3 aromatic rings. The first-order valence-electron chi connectivity index (χ1n) is 6.90. The normalized spacial score (nSPS) is 10.8. The van der Waals surface area contributed by atoms with E-state index < -0.39 is 0 Å². The van der Waals surface area contributed by atoms with E-state index in [1.54, 1.807) is 6.20 Å². The molecule has 21 heavy (non-hydrogen) atoms. The number of nitrogens with one attached hydrogen (secondary N) is 1. The molecule has 0 atom stereocenters. The molecule has 2 aromatic heterocycles. The smallest absolute Gasteiger partial charge is 0.227 e. The highest BCUT2D eigenvalue weighted by atomic mass is 16.5. The molecule has 3 rings (SSSR count). The van der Waals surface area contributed by atoms with Gasteiger partial charge in [-0.1, -0.05) is 18.2 Å². The van der Waals surface area contributed by atoms with E-state index in [0.29, 0.717) is 5.88 Å². The number of benzene rings is 1. The third-order valence-electron chi connectivity index (χ3n) is 3.37. The van der Waals surface area contributed by atoms with Gasteiger partial charge in [0, 0.05) is 24.3 Å². The van der Waals surface area contributed by atoms with Crippen LogP contribution in [0.15, 0.2) is 48.8 Å². The minimum absolute atomic E-state index is 0.613. The Hall–Kier alpha value is -2.46. The van der Waals surface area contributed by atoms with Crippen molar-refractivity contribution in [3.63, 3.8) is 0 Å². The first-order chi connectivity index (χ1) is 10.3. The Bertz CT molecular complexity index is 771. The average molecular weight is 279 g/mol. The Kier molecular flexibility index (Phi) is 3.79. The molecule has 1 aromatic carbocycles. The first-order valence-corrected chi connectivity index (χ1v) is 6.90. The molecule has 0 aliphatic rings. The SMILES string of the molecule is CNCc1cnc(Oc2cccnc2C)c2ccccc12. The molecule has 0 aliphatic heterocycles. The van der Waals surface area contributed by atoms with Crippen molar-refractivity contribution in [2.75, 3.05) is 7.05 Å². The fraction of sp³-hybridized carbons (Fsp3) is 0.176. The number of aryl methyl sites for hydroxylation is 1. The molecule has 0 saturated heterocycles. The number of ether oxygens (including phenoxy) is 1.